The van der Waals surface area contributed by atoms with E-state index in [1.54, 1.807) is 0 Å². The lowest BCUT2D eigenvalue weighted by Crippen LogP contribution is -2.27. The summed E-state index contributed by atoms with van der Waals surface area (Å²) in [5.74, 6) is 0. The highest BCUT2D eigenvalue weighted by molar-refractivity contribution is 5.47. The maximum atomic E-state index is 2.44. The van der Waals surface area contributed by atoms with Crippen LogP contribution in [0, 0.1) is 0 Å². The van der Waals surface area contributed by atoms with E-state index in [1.807, 2.05) is 0 Å². The summed E-state index contributed by atoms with van der Waals surface area (Å²) >= 11 is 0. The molecule has 0 aliphatic carbocycles. The number of benzene rings is 2. The molecule has 0 N–H and O–H groups in total. The van der Waals surface area contributed by atoms with Crippen LogP contribution in [0.4, 0.5) is 0 Å². The van der Waals surface area contributed by atoms with Crippen LogP contribution in [0.2, 0.25) is 0 Å². The van der Waals surface area contributed by atoms with Gasteiger partial charge < -0.3 is 0 Å². The van der Waals surface area contributed by atoms with Crippen molar-refractivity contribution in [1.29, 1.82) is 0 Å². The van der Waals surface area contributed by atoms with Crippen LogP contribution in [0.15, 0.2) is 48.5 Å². The van der Waals surface area contributed by atoms with Gasteiger partial charge in [-0.3, -0.25) is 0 Å². The highest BCUT2D eigenvalue weighted by Crippen LogP contribution is 2.40. The fourth-order valence-corrected chi connectivity index (χ4v) is 3.19. The fourth-order valence-electron chi connectivity index (χ4n) is 3.19. The lowest BCUT2D eigenvalue weighted by molar-refractivity contribution is 0.540. The average molecular weight is 309 g/mol. The van der Waals surface area contributed by atoms with Crippen LogP contribution in [0.25, 0.3) is 0 Å². The fraction of sp³-hybridized carbons (Fsp3) is 0.478. The molecular weight excluding hydrogens is 276 g/mol. The summed E-state index contributed by atoms with van der Waals surface area (Å²) in [6.45, 7) is 18.5. The Balaban J connectivity index is 2.72. The zero-order chi connectivity index (χ0) is 17.5. The Bertz CT molecular complexity index is 661. The predicted molar refractivity (Wildman–Crippen MR) is 102 cm³/mol. The normalized spacial score (nSPS) is 13.2. The molecule has 0 nitrogen and oxygen atoms in total. The van der Waals surface area contributed by atoms with Crippen molar-refractivity contribution in [2.45, 2.75) is 71.6 Å². The Morgan fingerprint density at radius 3 is 1.57 bits per heavy atom. The van der Waals surface area contributed by atoms with Crippen LogP contribution in [-0.4, -0.2) is 0 Å². The summed E-state index contributed by atoms with van der Waals surface area (Å²) in [5, 5.41) is 0. The molecule has 0 bridgehead atoms. The number of hydrogen-bond acceptors (Lipinski definition) is 0. The predicted octanol–water partition coefficient (Wildman–Crippen LogP) is 6.61. The van der Waals surface area contributed by atoms with E-state index in [2.05, 4.69) is 104 Å². The summed E-state index contributed by atoms with van der Waals surface area (Å²) in [5.41, 5.74) is 5.96. The lowest BCUT2D eigenvalue weighted by Gasteiger charge is -2.35. The first-order chi connectivity index (χ1) is 10.4. The summed E-state index contributed by atoms with van der Waals surface area (Å²) < 4.78 is 0. The third-order valence-corrected chi connectivity index (χ3v) is 4.86. The zero-order valence-electron chi connectivity index (χ0n) is 16.1. The molecule has 0 aliphatic heterocycles. The smallest absolute Gasteiger partial charge is 0.0149 e. The molecule has 0 spiro atoms. The van der Waals surface area contributed by atoms with Crippen molar-refractivity contribution < 1.29 is 0 Å². The van der Waals surface area contributed by atoms with Crippen LogP contribution in [0.3, 0.4) is 0 Å². The van der Waals surface area contributed by atoms with Gasteiger partial charge in [0.2, 0.25) is 0 Å². The molecule has 124 valence electrons. The third kappa shape index (κ3) is 3.68. The molecule has 0 aliphatic rings. The second-order valence-corrected chi connectivity index (χ2v) is 9.25. The first-order valence-electron chi connectivity index (χ1n) is 8.65. The Labute approximate surface area is 143 Å². The number of hydrogen-bond donors (Lipinski definition) is 0. The SMILES string of the molecule is CC(C)(C)c1ccc(C(C)(C)C)c(C(C)(C)c2ccccc2)c1. The Morgan fingerprint density at radius 2 is 1.09 bits per heavy atom. The van der Waals surface area contributed by atoms with Crippen molar-refractivity contribution in [3.8, 4) is 0 Å². The van der Waals surface area contributed by atoms with Gasteiger partial charge >= 0.3 is 0 Å². The van der Waals surface area contributed by atoms with E-state index in [9.17, 15) is 0 Å². The maximum absolute atomic E-state index is 2.44. The van der Waals surface area contributed by atoms with E-state index >= 15 is 0 Å². The molecule has 0 radical (unpaired) electrons. The van der Waals surface area contributed by atoms with E-state index in [4.69, 9.17) is 0 Å². The van der Waals surface area contributed by atoms with Crippen LogP contribution < -0.4 is 0 Å². The van der Waals surface area contributed by atoms with Crippen LogP contribution in [0.1, 0.15) is 77.6 Å². The van der Waals surface area contributed by atoms with Gasteiger partial charge in [0.05, 0.1) is 0 Å². The topological polar surface area (TPSA) is 0 Å². The van der Waals surface area contributed by atoms with Gasteiger partial charge in [-0.25, -0.2) is 0 Å². The standard InChI is InChI=1S/C23H32/c1-21(2,3)18-14-15-19(22(4,5)6)20(16-18)23(7,8)17-12-10-9-11-13-17/h9-16H,1-8H3. The molecular formula is C23H32. The maximum Gasteiger partial charge on any atom is 0.0149 e. The van der Waals surface area contributed by atoms with Gasteiger partial charge in [-0.05, 0) is 33.1 Å². The summed E-state index contributed by atoms with van der Waals surface area (Å²) in [6.07, 6.45) is 0. The van der Waals surface area contributed by atoms with Gasteiger partial charge in [-0.15, -0.1) is 0 Å². The Kier molecular flexibility index (Phi) is 4.50. The minimum absolute atomic E-state index is 0.00880. The van der Waals surface area contributed by atoms with Gasteiger partial charge in [-0.1, -0.05) is 104 Å². The molecule has 0 saturated carbocycles. The van der Waals surface area contributed by atoms with E-state index in [0.29, 0.717) is 0 Å². The van der Waals surface area contributed by atoms with Crippen molar-refractivity contribution in [2.75, 3.05) is 0 Å². The van der Waals surface area contributed by atoms with Crippen LogP contribution in [-0.2, 0) is 16.2 Å². The summed E-state index contributed by atoms with van der Waals surface area (Å²) in [4.78, 5) is 0. The molecule has 0 atom stereocenters. The summed E-state index contributed by atoms with van der Waals surface area (Å²) in [7, 11) is 0. The van der Waals surface area contributed by atoms with E-state index in [1.165, 1.54) is 22.3 Å². The van der Waals surface area contributed by atoms with Gasteiger partial charge in [0.1, 0.15) is 0 Å². The molecule has 0 heterocycles. The highest BCUT2D eigenvalue weighted by Gasteiger charge is 2.31. The third-order valence-electron chi connectivity index (χ3n) is 4.86. The molecule has 23 heavy (non-hydrogen) atoms. The van der Waals surface area contributed by atoms with Crippen molar-refractivity contribution in [3.05, 3.63) is 70.8 Å². The largest absolute Gasteiger partial charge is 0.0622 e. The second kappa shape index (κ2) is 5.82. The Hall–Kier alpha value is -1.56. The first kappa shape index (κ1) is 17.8. The van der Waals surface area contributed by atoms with Crippen LogP contribution >= 0.6 is 0 Å². The molecule has 0 unspecified atom stereocenters. The number of rotatable bonds is 2. The molecule has 0 aromatic heterocycles. The van der Waals surface area contributed by atoms with E-state index in [0.717, 1.165) is 0 Å². The van der Waals surface area contributed by atoms with Gasteiger partial charge in [-0.2, -0.15) is 0 Å². The minimum Gasteiger partial charge on any atom is -0.0622 e. The van der Waals surface area contributed by atoms with Crippen molar-refractivity contribution >= 4 is 0 Å². The molecule has 2 aromatic rings. The highest BCUT2D eigenvalue weighted by atomic mass is 14.3. The first-order valence-corrected chi connectivity index (χ1v) is 8.65. The molecule has 0 fully saturated rings. The van der Waals surface area contributed by atoms with E-state index < -0.39 is 0 Å². The Morgan fingerprint density at radius 1 is 0.522 bits per heavy atom. The minimum atomic E-state index is -0.00880. The van der Waals surface area contributed by atoms with Crippen LogP contribution in [0.5, 0.6) is 0 Å². The van der Waals surface area contributed by atoms with Gasteiger partial charge in [0.15, 0.2) is 0 Å². The lowest BCUT2D eigenvalue weighted by atomic mass is 9.69. The van der Waals surface area contributed by atoms with E-state index in [-0.39, 0.29) is 16.2 Å². The zero-order valence-corrected chi connectivity index (χ0v) is 16.1. The quantitative estimate of drug-likeness (QED) is 0.585. The average Bonchev–Trinajstić information content (AvgIpc) is 2.45. The van der Waals surface area contributed by atoms with Crippen molar-refractivity contribution in [2.24, 2.45) is 0 Å². The second-order valence-electron chi connectivity index (χ2n) is 9.25. The van der Waals surface area contributed by atoms with Crippen molar-refractivity contribution in [3.63, 3.8) is 0 Å². The molecule has 2 aromatic carbocycles. The molecule has 2 rings (SSSR count). The van der Waals surface area contributed by atoms with Gasteiger partial charge in [0.25, 0.3) is 0 Å². The van der Waals surface area contributed by atoms with Gasteiger partial charge in [0, 0.05) is 5.41 Å². The molecule has 0 saturated heterocycles. The molecule has 0 amide bonds. The van der Waals surface area contributed by atoms with Crippen molar-refractivity contribution in [1.82, 2.24) is 0 Å². The summed E-state index contributed by atoms with van der Waals surface area (Å²) in [6, 6.07) is 18.0. The molecule has 0 heteroatoms. The monoisotopic (exact) mass is 308 g/mol.